The van der Waals surface area contributed by atoms with Crippen LogP contribution in [0.4, 0.5) is 0 Å². The number of hydrogen-bond donors (Lipinski definition) is 1. The minimum Gasteiger partial charge on any atom is -0.378 e. The molecule has 0 unspecified atom stereocenters. The van der Waals surface area contributed by atoms with Crippen molar-refractivity contribution in [1.29, 1.82) is 0 Å². The molecule has 0 bridgehead atoms. The molecular formula is C16H17N5OS. The average molecular weight is 327 g/mol. The number of imidazole rings is 1. The Hall–Kier alpha value is -2.09. The second-order valence-corrected chi connectivity index (χ2v) is 6.12. The predicted octanol–water partition coefficient (Wildman–Crippen LogP) is 2.50. The van der Waals surface area contributed by atoms with E-state index in [2.05, 4.69) is 36.6 Å². The number of rotatable bonds is 4. The molecule has 2 aromatic heterocycles. The molecule has 1 aliphatic rings. The first-order valence-electron chi connectivity index (χ1n) is 7.58. The van der Waals surface area contributed by atoms with Crippen LogP contribution in [0, 0.1) is 0 Å². The van der Waals surface area contributed by atoms with E-state index in [-0.39, 0.29) is 6.04 Å². The lowest BCUT2D eigenvalue weighted by atomic mass is 10.2. The summed E-state index contributed by atoms with van der Waals surface area (Å²) >= 11 is 1.38. The molecular weight excluding hydrogens is 310 g/mol. The van der Waals surface area contributed by atoms with Crippen LogP contribution in [0.2, 0.25) is 0 Å². The van der Waals surface area contributed by atoms with Crippen molar-refractivity contribution in [1.82, 2.24) is 24.5 Å². The molecule has 1 aromatic carbocycles. The van der Waals surface area contributed by atoms with Crippen molar-refractivity contribution in [3.63, 3.8) is 0 Å². The molecule has 0 spiro atoms. The van der Waals surface area contributed by atoms with Crippen LogP contribution in [0.15, 0.2) is 41.9 Å². The summed E-state index contributed by atoms with van der Waals surface area (Å²) in [6.07, 6.45) is 1.89. The summed E-state index contributed by atoms with van der Waals surface area (Å²) in [5.74, 6) is 0.937. The fourth-order valence-electron chi connectivity index (χ4n) is 2.81. The molecule has 3 heterocycles. The number of ether oxygens (including phenoxy) is 1. The minimum absolute atomic E-state index is 0.114. The first-order chi connectivity index (χ1) is 11.4. The highest BCUT2D eigenvalue weighted by Gasteiger charge is 2.27. The first kappa shape index (κ1) is 14.5. The zero-order valence-electron chi connectivity index (χ0n) is 12.6. The molecule has 0 saturated carbocycles. The van der Waals surface area contributed by atoms with Crippen molar-refractivity contribution >= 4 is 11.5 Å². The summed E-state index contributed by atoms with van der Waals surface area (Å²) in [4.78, 5) is 10.4. The first-order valence-corrected chi connectivity index (χ1v) is 8.42. The summed E-state index contributed by atoms with van der Waals surface area (Å²) in [5, 5.41) is 6.14. The zero-order chi connectivity index (χ0) is 15.5. The number of aromatic nitrogens is 4. The third kappa shape index (κ3) is 3.17. The molecule has 1 N–H and O–H groups in total. The largest absolute Gasteiger partial charge is 0.378 e. The van der Waals surface area contributed by atoms with Gasteiger partial charge in [-0.1, -0.05) is 34.8 Å². The SMILES string of the molecule is c1ccc(-c2cnc([C@@H]3COCCN3Cc3csnn3)[nH]2)cc1. The molecule has 0 radical (unpaired) electrons. The highest BCUT2D eigenvalue weighted by molar-refractivity contribution is 7.03. The number of aromatic amines is 1. The van der Waals surface area contributed by atoms with E-state index >= 15 is 0 Å². The molecule has 1 saturated heterocycles. The van der Waals surface area contributed by atoms with Gasteiger partial charge in [-0.05, 0) is 17.1 Å². The smallest absolute Gasteiger partial charge is 0.126 e. The van der Waals surface area contributed by atoms with E-state index in [0.717, 1.165) is 42.5 Å². The number of hydrogen-bond acceptors (Lipinski definition) is 6. The maximum Gasteiger partial charge on any atom is 0.126 e. The Labute approximate surface area is 138 Å². The van der Waals surface area contributed by atoms with Crippen LogP contribution in [-0.4, -0.2) is 44.2 Å². The van der Waals surface area contributed by atoms with Gasteiger partial charge in [0.15, 0.2) is 0 Å². The lowest BCUT2D eigenvalue weighted by molar-refractivity contribution is -0.0161. The Morgan fingerprint density at radius 3 is 3.04 bits per heavy atom. The molecule has 23 heavy (non-hydrogen) atoms. The lowest BCUT2D eigenvalue weighted by Crippen LogP contribution is -2.39. The fraction of sp³-hybridized carbons (Fsp3) is 0.312. The summed E-state index contributed by atoms with van der Waals surface area (Å²) in [7, 11) is 0. The van der Waals surface area contributed by atoms with E-state index in [4.69, 9.17) is 4.74 Å². The summed E-state index contributed by atoms with van der Waals surface area (Å²) in [6, 6.07) is 10.3. The van der Waals surface area contributed by atoms with Crippen molar-refractivity contribution in [3.05, 3.63) is 53.4 Å². The van der Waals surface area contributed by atoms with E-state index in [1.807, 2.05) is 29.8 Å². The molecule has 118 valence electrons. The van der Waals surface area contributed by atoms with Crippen LogP contribution in [-0.2, 0) is 11.3 Å². The number of H-pyrrole nitrogens is 1. The lowest BCUT2D eigenvalue weighted by Gasteiger charge is -2.33. The van der Waals surface area contributed by atoms with E-state index < -0.39 is 0 Å². The van der Waals surface area contributed by atoms with Gasteiger partial charge in [0.25, 0.3) is 0 Å². The van der Waals surface area contributed by atoms with Crippen LogP contribution in [0.1, 0.15) is 17.6 Å². The van der Waals surface area contributed by atoms with Gasteiger partial charge in [0, 0.05) is 18.5 Å². The van der Waals surface area contributed by atoms with E-state index in [9.17, 15) is 0 Å². The van der Waals surface area contributed by atoms with Crippen molar-refractivity contribution in [2.75, 3.05) is 19.8 Å². The van der Waals surface area contributed by atoms with Crippen LogP contribution in [0.25, 0.3) is 11.3 Å². The van der Waals surface area contributed by atoms with Crippen molar-refractivity contribution in [3.8, 4) is 11.3 Å². The fourth-order valence-corrected chi connectivity index (χ4v) is 3.25. The molecule has 0 aliphatic carbocycles. The van der Waals surface area contributed by atoms with Gasteiger partial charge in [-0.3, -0.25) is 4.90 Å². The number of benzene rings is 1. The highest BCUT2D eigenvalue weighted by Crippen LogP contribution is 2.26. The quantitative estimate of drug-likeness (QED) is 0.797. The standard InChI is InChI=1S/C16H17N5OS/c1-2-4-12(5-3-1)14-8-17-16(18-14)15-10-22-7-6-21(15)9-13-11-23-20-19-13/h1-5,8,11,15H,6-7,9-10H2,(H,17,18)/t15-/m0/s1. The molecule has 1 fully saturated rings. The van der Waals surface area contributed by atoms with Gasteiger partial charge in [-0.15, -0.1) is 5.10 Å². The van der Waals surface area contributed by atoms with E-state index in [1.165, 1.54) is 11.5 Å². The molecule has 7 heteroatoms. The summed E-state index contributed by atoms with van der Waals surface area (Å²) < 4.78 is 9.61. The maximum absolute atomic E-state index is 5.67. The Morgan fingerprint density at radius 1 is 1.30 bits per heavy atom. The van der Waals surface area contributed by atoms with Gasteiger partial charge in [0.05, 0.1) is 36.8 Å². The van der Waals surface area contributed by atoms with Crippen molar-refractivity contribution in [2.24, 2.45) is 0 Å². The Morgan fingerprint density at radius 2 is 2.22 bits per heavy atom. The molecule has 1 aliphatic heterocycles. The van der Waals surface area contributed by atoms with Crippen LogP contribution in [0.5, 0.6) is 0 Å². The maximum atomic E-state index is 5.67. The Kier molecular flexibility index (Phi) is 4.14. The topological polar surface area (TPSA) is 66.9 Å². The van der Waals surface area contributed by atoms with Crippen molar-refractivity contribution < 1.29 is 4.74 Å². The molecule has 4 rings (SSSR count). The Bertz CT molecular complexity index is 743. The molecule has 0 amide bonds. The van der Waals surface area contributed by atoms with Gasteiger partial charge in [0.1, 0.15) is 5.82 Å². The van der Waals surface area contributed by atoms with E-state index in [1.54, 1.807) is 0 Å². The van der Waals surface area contributed by atoms with Gasteiger partial charge < -0.3 is 9.72 Å². The van der Waals surface area contributed by atoms with Crippen LogP contribution < -0.4 is 0 Å². The highest BCUT2D eigenvalue weighted by atomic mass is 32.1. The number of morpholine rings is 1. The van der Waals surface area contributed by atoms with Gasteiger partial charge in [0.2, 0.25) is 0 Å². The van der Waals surface area contributed by atoms with Gasteiger partial charge in [-0.2, -0.15) is 0 Å². The van der Waals surface area contributed by atoms with Crippen molar-refractivity contribution in [2.45, 2.75) is 12.6 Å². The second kappa shape index (κ2) is 6.57. The third-order valence-corrected chi connectivity index (χ3v) is 4.56. The monoisotopic (exact) mass is 327 g/mol. The van der Waals surface area contributed by atoms with Crippen LogP contribution >= 0.6 is 11.5 Å². The zero-order valence-corrected chi connectivity index (χ0v) is 13.4. The predicted molar refractivity (Wildman–Crippen MR) is 87.9 cm³/mol. The second-order valence-electron chi connectivity index (χ2n) is 5.51. The summed E-state index contributed by atoms with van der Waals surface area (Å²) in [5.41, 5.74) is 3.16. The van der Waals surface area contributed by atoms with E-state index in [0.29, 0.717) is 6.61 Å². The molecule has 3 aromatic rings. The average Bonchev–Trinajstić information content (AvgIpc) is 3.28. The number of nitrogens with one attached hydrogen (secondary N) is 1. The van der Waals surface area contributed by atoms with Crippen LogP contribution in [0.3, 0.4) is 0 Å². The normalized spacial score (nSPS) is 19.0. The number of nitrogens with zero attached hydrogens (tertiary/aromatic N) is 4. The Balaban J connectivity index is 1.56. The van der Waals surface area contributed by atoms with Gasteiger partial charge in [-0.25, -0.2) is 4.98 Å². The molecule has 1 atom stereocenters. The minimum atomic E-state index is 0.114. The summed E-state index contributed by atoms with van der Waals surface area (Å²) in [6.45, 7) is 3.01. The molecule has 6 nitrogen and oxygen atoms in total. The van der Waals surface area contributed by atoms with Gasteiger partial charge >= 0.3 is 0 Å². The third-order valence-electron chi connectivity index (χ3n) is 4.01.